The first-order valence-electron chi connectivity index (χ1n) is 9.37. The van der Waals surface area contributed by atoms with Gasteiger partial charge in [-0.15, -0.1) is 0 Å². The minimum Gasteiger partial charge on any atom is -0.326 e. The maximum absolute atomic E-state index is 12.6. The number of carbonyl (C=O) groups is 2. The van der Waals surface area contributed by atoms with Crippen molar-refractivity contribution in [1.29, 1.82) is 0 Å². The van der Waals surface area contributed by atoms with Crippen molar-refractivity contribution in [2.45, 2.75) is 19.9 Å². The van der Waals surface area contributed by atoms with Crippen molar-refractivity contribution in [3.8, 4) is 0 Å². The van der Waals surface area contributed by atoms with Crippen molar-refractivity contribution in [2.24, 2.45) is 11.8 Å². The molecular formula is C22H22N4O2. The molecule has 6 heteroatoms. The lowest BCUT2D eigenvalue weighted by Gasteiger charge is -2.10. The van der Waals surface area contributed by atoms with Crippen LogP contribution in [0.15, 0.2) is 67.0 Å². The molecule has 0 bridgehead atoms. The van der Waals surface area contributed by atoms with E-state index in [-0.39, 0.29) is 17.7 Å². The van der Waals surface area contributed by atoms with E-state index in [1.807, 2.05) is 41.2 Å². The standard InChI is InChI=1S/C22H22N4O2/c1-15-11-20(15)22(28)25-19-8-3-6-17(13-19)21(27)24-18-7-2-5-16(12-18)14-26-10-4-9-23-26/h2-10,12-13,15,20H,11,14H2,1H3,(H,24,27)(H,25,28)/t15-,20+/m0/s1. The van der Waals surface area contributed by atoms with Crippen LogP contribution in [0, 0.1) is 11.8 Å². The molecule has 1 aliphatic rings. The van der Waals surface area contributed by atoms with Crippen molar-refractivity contribution in [3.63, 3.8) is 0 Å². The molecule has 4 rings (SSSR count). The number of hydrogen-bond acceptors (Lipinski definition) is 3. The summed E-state index contributed by atoms with van der Waals surface area (Å²) in [5.41, 5.74) is 2.90. The first-order chi connectivity index (χ1) is 13.6. The highest BCUT2D eigenvalue weighted by molar-refractivity contribution is 6.05. The van der Waals surface area contributed by atoms with E-state index >= 15 is 0 Å². The number of rotatable bonds is 6. The van der Waals surface area contributed by atoms with E-state index in [0.717, 1.165) is 17.7 Å². The zero-order valence-electron chi connectivity index (χ0n) is 15.6. The van der Waals surface area contributed by atoms with Gasteiger partial charge < -0.3 is 10.6 Å². The fourth-order valence-electron chi connectivity index (χ4n) is 3.19. The quantitative estimate of drug-likeness (QED) is 0.689. The van der Waals surface area contributed by atoms with Gasteiger partial charge in [-0.1, -0.05) is 25.1 Å². The highest BCUT2D eigenvalue weighted by atomic mass is 16.2. The Balaban J connectivity index is 1.42. The Labute approximate surface area is 163 Å². The molecule has 28 heavy (non-hydrogen) atoms. The topological polar surface area (TPSA) is 76.0 Å². The molecule has 1 saturated carbocycles. The van der Waals surface area contributed by atoms with Crippen LogP contribution < -0.4 is 10.6 Å². The number of nitrogens with zero attached hydrogens (tertiary/aromatic N) is 2. The van der Waals surface area contributed by atoms with Gasteiger partial charge in [0.2, 0.25) is 5.91 Å². The molecule has 0 saturated heterocycles. The number of amides is 2. The second kappa shape index (κ2) is 7.68. The molecule has 1 heterocycles. The first-order valence-corrected chi connectivity index (χ1v) is 9.37. The van der Waals surface area contributed by atoms with Crippen molar-refractivity contribution in [2.75, 3.05) is 10.6 Å². The van der Waals surface area contributed by atoms with Gasteiger partial charge in [0.25, 0.3) is 5.91 Å². The summed E-state index contributed by atoms with van der Waals surface area (Å²) in [5.74, 6) is 0.346. The van der Waals surface area contributed by atoms with E-state index in [1.165, 1.54) is 0 Å². The van der Waals surface area contributed by atoms with E-state index < -0.39 is 0 Å². The SMILES string of the molecule is C[C@H]1C[C@H]1C(=O)Nc1cccc(C(=O)Nc2cccc(Cn3cccn3)c2)c1. The van der Waals surface area contributed by atoms with E-state index in [1.54, 1.807) is 30.5 Å². The zero-order chi connectivity index (χ0) is 19.5. The number of benzene rings is 2. The zero-order valence-corrected chi connectivity index (χ0v) is 15.6. The summed E-state index contributed by atoms with van der Waals surface area (Å²) in [7, 11) is 0. The van der Waals surface area contributed by atoms with Gasteiger partial charge in [0.15, 0.2) is 0 Å². The van der Waals surface area contributed by atoms with Crippen LogP contribution in [0.25, 0.3) is 0 Å². The molecule has 0 aliphatic heterocycles. The Morgan fingerprint density at radius 1 is 1.07 bits per heavy atom. The van der Waals surface area contributed by atoms with Gasteiger partial charge in [-0.05, 0) is 54.3 Å². The Hall–Kier alpha value is -3.41. The first kappa shape index (κ1) is 18.0. The maximum Gasteiger partial charge on any atom is 0.255 e. The van der Waals surface area contributed by atoms with Crippen molar-refractivity contribution < 1.29 is 9.59 Å². The second-order valence-electron chi connectivity index (χ2n) is 7.25. The molecule has 0 unspecified atom stereocenters. The molecular weight excluding hydrogens is 352 g/mol. The van der Waals surface area contributed by atoms with Gasteiger partial charge in [0, 0.05) is 35.2 Å². The minimum absolute atomic E-state index is 0.0244. The molecule has 0 spiro atoms. The van der Waals surface area contributed by atoms with Gasteiger partial charge in [-0.3, -0.25) is 14.3 Å². The molecule has 3 aromatic rings. The van der Waals surface area contributed by atoms with Crippen LogP contribution in [0.5, 0.6) is 0 Å². The molecule has 142 valence electrons. The highest BCUT2D eigenvalue weighted by Gasteiger charge is 2.39. The Kier molecular flexibility index (Phi) is 4.93. The molecule has 1 fully saturated rings. The molecule has 2 atom stereocenters. The van der Waals surface area contributed by atoms with Crippen LogP contribution in [0.1, 0.15) is 29.3 Å². The highest BCUT2D eigenvalue weighted by Crippen LogP contribution is 2.38. The van der Waals surface area contributed by atoms with Crippen molar-refractivity contribution in [3.05, 3.63) is 78.1 Å². The van der Waals surface area contributed by atoms with Crippen LogP contribution in [0.2, 0.25) is 0 Å². The third-order valence-corrected chi connectivity index (χ3v) is 4.93. The Morgan fingerprint density at radius 3 is 2.54 bits per heavy atom. The number of anilines is 2. The molecule has 1 aromatic heterocycles. The molecule has 1 aliphatic carbocycles. The maximum atomic E-state index is 12.6. The molecule has 2 amide bonds. The second-order valence-corrected chi connectivity index (χ2v) is 7.25. The van der Waals surface area contributed by atoms with Gasteiger partial charge in [-0.2, -0.15) is 5.10 Å². The summed E-state index contributed by atoms with van der Waals surface area (Å²) >= 11 is 0. The summed E-state index contributed by atoms with van der Waals surface area (Å²) in [6.07, 6.45) is 4.57. The number of aromatic nitrogens is 2. The third kappa shape index (κ3) is 4.28. The van der Waals surface area contributed by atoms with Gasteiger partial charge in [0.05, 0.1) is 6.54 Å². The summed E-state index contributed by atoms with van der Waals surface area (Å²) in [4.78, 5) is 24.7. The van der Waals surface area contributed by atoms with Crippen LogP contribution in [0.4, 0.5) is 11.4 Å². The number of nitrogens with one attached hydrogen (secondary N) is 2. The predicted octanol–water partition coefficient (Wildman–Crippen LogP) is 3.78. The largest absolute Gasteiger partial charge is 0.326 e. The lowest BCUT2D eigenvalue weighted by molar-refractivity contribution is -0.117. The molecule has 2 N–H and O–H groups in total. The average Bonchev–Trinajstić information content (AvgIpc) is 3.20. The molecule has 6 nitrogen and oxygen atoms in total. The number of hydrogen-bond donors (Lipinski definition) is 2. The van der Waals surface area contributed by atoms with Crippen LogP contribution in [-0.2, 0) is 11.3 Å². The summed E-state index contributed by atoms with van der Waals surface area (Å²) in [5, 5.41) is 10.0. The summed E-state index contributed by atoms with van der Waals surface area (Å²) in [6, 6.07) is 16.6. The Morgan fingerprint density at radius 2 is 1.82 bits per heavy atom. The fraction of sp³-hybridized carbons (Fsp3) is 0.227. The molecule has 2 aromatic carbocycles. The van der Waals surface area contributed by atoms with E-state index in [9.17, 15) is 9.59 Å². The van der Waals surface area contributed by atoms with Crippen molar-refractivity contribution >= 4 is 23.2 Å². The third-order valence-electron chi connectivity index (χ3n) is 4.93. The molecule has 0 radical (unpaired) electrons. The van der Waals surface area contributed by atoms with E-state index in [4.69, 9.17) is 0 Å². The van der Waals surface area contributed by atoms with Crippen LogP contribution in [-0.4, -0.2) is 21.6 Å². The van der Waals surface area contributed by atoms with E-state index in [0.29, 0.717) is 23.7 Å². The fourth-order valence-corrected chi connectivity index (χ4v) is 3.19. The monoisotopic (exact) mass is 374 g/mol. The van der Waals surface area contributed by atoms with Gasteiger partial charge >= 0.3 is 0 Å². The lowest BCUT2D eigenvalue weighted by atomic mass is 10.1. The smallest absolute Gasteiger partial charge is 0.255 e. The minimum atomic E-state index is -0.216. The van der Waals surface area contributed by atoms with E-state index in [2.05, 4.69) is 22.7 Å². The van der Waals surface area contributed by atoms with Gasteiger partial charge in [-0.25, -0.2) is 0 Å². The average molecular weight is 374 g/mol. The van der Waals surface area contributed by atoms with Gasteiger partial charge in [0.1, 0.15) is 0 Å². The number of carbonyl (C=O) groups excluding carboxylic acids is 2. The summed E-state index contributed by atoms with van der Waals surface area (Å²) < 4.78 is 1.83. The van der Waals surface area contributed by atoms with Crippen LogP contribution in [0.3, 0.4) is 0 Å². The normalized spacial score (nSPS) is 17.8. The predicted molar refractivity (Wildman–Crippen MR) is 108 cm³/mol. The van der Waals surface area contributed by atoms with Crippen LogP contribution >= 0.6 is 0 Å². The summed E-state index contributed by atoms with van der Waals surface area (Å²) in [6.45, 7) is 2.70. The lowest BCUT2D eigenvalue weighted by Crippen LogP contribution is -2.16. The van der Waals surface area contributed by atoms with Crippen molar-refractivity contribution in [1.82, 2.24) is 9.78 Å². The Bertz CT molecular complexity index is 997.